The van der Waals surface area contributed by atoms with E-state index in [-0.39, 0.29) is 12.5 Å². The van der Waals surface area contributed by atoms with Gasteiger partial charge in [0.15, 0.2) is 0 Å². The number of anilines is 2. The molecule has 3 rings (SSSR count). The van der Waals surface area contributed by atoms with Crippen molar-refractivity contribution in [1.29, 1.82) is 0 Å². The Morgan fingerprint density at radius 3 is 2.27 bits per heavy atom. The standard InChI is InChI=1S/C25H28N2O5S/c1-4-31-22-10-8-9-21(17-22)26-25(28)20-15-13-19(14-16-20)18-27(33(3,29)30)23-11-6-7-12-24(23)32-5-2/h6-17H,4-5,18H2,1-3H3,(H,26,28). The van der Waals surface area contributed by atoms with Crippen molar-refractivity contribution in [2.75, 3.05) is 29.1 Å². The van der Waals surface area contributed by atoms with Gasteiger partial charge in [-0.2, -0.15) is 0 Å². The molecule has 1 amide bonds. The maximum absolute atomic E-state index is 12.6. The summed E-state index contributed by atoms with van der Waals surface area (Å²) in [4.78, 5) is 12.6. The molecule has 0 aliphatic carbocycles. The first-order chi connectivity index (χ1) is 15.8. The van der Waals surface area contributed by atoms with Crippen LogP contribution in [0.2, 0.25) is 0 Å². The number of nitrogens with zero attached hydrogens (tertiary/aromatic N) is 1. The van der Waals surface area contributed by atoms with E-state index in [4.69, 9.17) is 9.47 Å². The van der Waals surface area contributed by atoms with Crippen LogP contribution < -0.4 is 19.1 Å². The van der Waals surface area contributed by atoms with Gasteiger partial charge in [-0.15, -0.1) is 0 Å². The molecule has 0 atom stereocenters. The molecule has 8 heteroatoms. The predicted molar refractivity (Wildman–Crippen MR) is 131 cm³/mol. The Hall–Kier alpha value is -3.52. The molecular formula is C25H28N2O5S. The first-order valence-electron chi connectivity index (χ1n) is 10.6. The van der Waals surface area contributed by atoms with E-state index in [1.54, 1.807) is 60.7 Å². The molecule has 1 N–H and O–H groups in total. The Kier molecular flexibility index (Phi) is 7.95. The maximum atomic E-state index is 12.6. The summed E-state index contributed by atoms with van der Waals surface area (Å²) >= 11 is 0. The quantitative estimate of drug-likeness (QED) is 0.466. The highest BCUT2D eigenvalue weighted by Gasteiger charge is 2.21. The van der Waals surface area contributed by atoms with E-state index in [1.807, 2.05) is 26.0 Å². The van der Waals surface area contributed by atoms with Crippen LogP contribution in [0, 0.1) is 0 Å². The Balaban J connectivity index is 1.77. The van der Waals surface area contributed by atoms with Gasteiger partial charge in [-0.3, -0.25) is 9.10 Å². The first-order valence-corrected chi connectivity index (χ1v) is 12.5. The van der Waals surface area contributed by atoms with Crippen molar-refractivity contribution in [3.63, 3.8) is 0 Å². The van der Waals surface area contributed by atoms with Gasteiger partial charge in [0.05, 0.1) is 31.7 Å². The number of hydrogen-bond donors (Lipinski definition) is 1. The number of rotatable bonds is 10. The summed E-state index contributed by atoms with van der Waals surface area (Å²) in [7, 11) is -3.57. The number of ether oxygens (including phenoxy) is 2. The molecule has 0 aromatic heterocycles. The van der Waals surface area contributed by atoms with Crippen molar-refractivity contribution in [3.8, 4) is 11.5 Å². The van der Waals surface area contributed by atoms with Crippen LogP contribution in [-0.2, 0) is 16.6 Å². The number of carbonyl (C=O) groups is 1. The van der Waals surface area contributed by atoms with Crippen LogP contribution in [0.1, 0.15) is 29.8 Å². The van der Waals surface area contributed by atoms with Crippen LogP contribution >= 0.6 is 0 Å². The monoisotopic (exact) mass is 468 g/mol. The van der Waals surface area contributed by atoms with E-state index in [1.165, 1.54) is 4.31 Å². The largest absolute Gasteiger partial charge is 0.494 e. The predicted octanol–water partition coefficient (Wildman–Crippen LogP) is 4.70. The van der Waals surface area contributed by atoms with Gasteiger partial charge in [-0.25, -0.2) is 8.42 Å². The SMILES string of the molecule is CCOc1cccc(NC(=O)c2ccc(CN(c3ccccc3OCC)S(C)(=O)=O)cc2)c1. The Morgan fingerprint density at radius 1 is 0.909 bits per heavy atom. The first kappa shape index (κ1) is 24.1. The van der Waals surface area contributed by atoms with Gasteiger partial charge in [0, 0.05) is 17.3 Å². The van der Waals surface area contributed by atoms with E-state index < -0.39 is 10.0 Å². The molecule has 7 nitrogen and oxygen atoms in total. The Morgan fingerprint density at radius 2 is 1.61 bits per heavy atom. The van der Waals surface area contributed by atoms with Gasteiger partial charge in [0.1, 0.15) is 11.5 Å². The molecule has 3 aromatic rings. The number of hydrogen-bond acceptors (Lipinski definition) is 5. The van der Waals surface area contributed by atoms with E-state index in [0.29, 0.717) is 41.7 Å². The van der Waals surface area contributed by atoms with Crippen molar-refractivity contribution < 1.29 is 22.7 Å². The minimum absolute atomic E-state index is 0.112. The summed E-state index contributed by atoms with van der Waals surface area (Å²) in [6, 6.07) is 21.0. The zero-order chi connectivity index (χ0) is 23.8. The molecule has 0 spiro atoms. The topological polar surface area (TPSA) is 84.9 Å². The fraction of sp³-hybridized carbons (Fsp3) is 0.240. The summed E-state index contributed by atoms with van der Waals surface area (Å²) in [5, 5.41) is 2.85. The van der Waals surface area contributed by atoms with E-state index in [2.05, 4.69) is 5.32 Å². The lowest BCUT2D eigenvalue weighted by atomic mass is 10.1. The molecule has 0 saturated heterocycles. The molecule has 174 valence electrons. The van der Waals surface area contributed by atoms with Gasteiger partial charge < -0.3 is 14.8 Å². The lowest BCUT2D eigenvalue weighted by Gasteiger charge is -2.24. The molecule has 33 heavy (non-hydrogen) atoms. The van der Waals surface area contributed by atoms with Crippen LogP contribution in [0.25, 0.3) is 0 Å². The van der Waals surface area contributed by atoms with Gasteiger partial charge in [0.2, 0.25) is 10.0 Å². The molecule has 3 aromatic carbocycles. The summed E-state index contributed by atoms with van der Waals surface area (Å²) in [6.07, 6.45) is 1.16. The van der Waals surface area contributed by atoms with Crippen LogP contribution in [0.4, 0.5) is 11.4 Å². The van der Waals surface area contributed by atoms with Gasteiger partial charge in [-0.05, 0) is 55.8 Å². The normalized spacial score (nSPS) is 11.0. The highest BCUT2D eigenvalue weighted by molar-refractivity contribution is 7.92. The number of para-hydroxylation sites is 2. The molecule has 0 radical (unpaired) electrons. The third kappa shape index (κ3) is 6.49. The zero-order valence-electron chi connectivity index (χ0n) is 18.9. The minimum atomic E-state index is -3.57. The van der Waals surface area contributed by atoms with Crippen molar-refractivity contribution in [3.05, 3.63) is 83.9 Å². The second-order valence-corrected chi connectivity index (χ2v) is 9.19. The van der Waals surface area contributed by atoms with Crippen molar-refractivity contribution in [2.45, 2.75) is 20.4 Å². The van der Waals surface area contributed by atoms with Crippen molar-refractivity contribution in [1.82, 2.24) is 0 Å². The van der Waals surface area contributed by atoms with Gasteiger partial charge >= 0.3 is 0 Å². The molecule has 0 bridgehead atoms. The highest BCUT2D eigenvalue weighted by atomic mass is 32.2. The average Bonchev–Trinajstić information content (AvgIpc) is 2.78. The van der Waals surface area contributed by atoms with Crippen LogP contribution in [0.3, 0.4) is 0 Å². The number of carbonyl (C=O) groups excluding carboxylic acids is 1. The lowest BCUT2D eigenvalue weighted by Crippen LogP contribution is -2.29. The summed E-state index contributed by atoms with van der Waals surface area (Å²) in [5.41, 5.74) is 2.30. The number of amides is 1. The van der Waals surface area contributed by atoms with Crippen LogP contribution in [-0.4, -0.2) is 33.8 Å². The van der Waals surface area contributed by atoms with Crippen LogP contribution in [0.5, 0.6) is 11.5 Å². The third-order valence-corrected chi connectivity index (χ3v) is 5.91. The number of nitrogens with one attached hydrogen (secondary N) is 1. The molecule has 0 saturated carbocycles. The third-order valence-electron chi connectivity index (χ3n) is 4.78. The molecule has 0 heterocycles. The van der Waals surface area contributed by atoms with Crippen molar-refractivity contribution in [2.24, 2.45) is 0 Å². The van der Waals surface area contributed by atoms with Crippen molar-refractivity contribution >= 4 is 27.3 Å². The fourth-order valence-corrected chi connectivity index (χ4v) is 4.17. The highest BCUT2D eigenvalue weighted by Crippen LogP contribution is 2.31. The molecule has 0 unspecified atom stereocenters. The Labute approximate surface area is 195 Å². The second-order valence-electron chi connectivity index (χ2n) is 7.28. The van der Waals surface area contributed by atoms with Crippen LogP contribution in [0.15, 0.2) is 72.8 Å². The minimum Gasteiger partial charge on any atom is -0.494 e. The van der Waals surface area contributed by atoms with E-state index in [0.717, 1.165) is 11.8 Å². The molecule has 0 aliphatic heterocycles. The second kappa shape index (κ2) is 10.9. The molecule has 0 aliphatic rings. The van der Waals surface area contributed by atoms with Gasteiger partial charge in [-0.1, -0.05) is 30.3 Å². The van der Waals surface area contributed by atoms with E-state index in [9.17, 15) is 13.2 Å². The average molecular weight is 469 g/mol. The lowest BCUT2D eigenvalue weighted by molar-refractivity contribution is 0.102. The van der Waals surface area contributed by atoms with E-state index >= 15 is 0 Å². The number of benzene rings is 3. The summed E-state index contributed by atoms with van der Waals surface area (Å²) in [5.74, 6) is 0.909. The fourth-order valence-electron chi connectivity index (χ4n) is 3.28. The Bertz CT molecular complexity index is 1190. The summed E-state index contributed by atoms with van der Waals surface area (Å²) in [6.45, 7) is 4.82. The van der Waals surface area contributed by atoms with Gasteiger partial charge in [0.25, 0.3) is 5.91 Å². The maximum Gasteiger partial charge on any atom is 0.255 e. The smallest absolute Gasteiger partial charge is 0.255 e. The zero-order valence-corrected chi connectivity index (χ0v) is 19.8. The molecule has 0 fully saturated rings. The summed E-state index contributed by atoms with van der Waals surface area (Å²) < 4.78 is 37.5. The number of sulfonamides is 1. The molecular weight excluding hydrogens is 440 g/mol.